The molecule has 0 aliphatic carbocycles. The first-order valence-electron chi connectivity index (χ1n) is 3.22. The molecule has 0 aromatic heterocycles. The number of rotatable bonds is 0. The third-order valence-corrected chi connectivity index (χ3v) is 2.72. The molecule has 0 radical (unpaired) electrons. The quantitative estimate of drug-likeness (QED) is 0.489. The van der Waals surface area contributed by atoms with Crippen LogP contribution in [0.4, 0.5) is 0 Å². The van der Waals surface area contributed by atoms with E-state index in [4.69, 9.17) is 10.6 Å². The average Bonchev–Trinajstić information content (AvgIpc) is 1.88. The van der Waals surface area contributed by atoms with Crippen molar-refractivity contribution in [2.45, 2.75) is 25.4 Å². The highest BCUT2D eigenvalue weighted by Crippen LogP contribution is 2.23. The van der Waals surface area contributed by atoms with E-state index in [9.17, 15) is 4.21 Å². The van der Waals surface area contributed by atoms with E-state index < -0.39 is 16.7 Å². The fourth-order valence-electron chi connectivity index (χ4n) is 0.912. The zero-order valence-corrected chi connectivity index (χ0v) is 6.74. The normalized spacial score (nSPS) is 40.6. The van der Waals surface area contributed by atoms with E-state index in [1.165, 1.54) is 0 Å². The lowest BCUT2D eigenvalue weighted by atomic mass is 10.0. The summed E-state index contributed by atoms with van der Waals surface area (Å²) in [6, 6.07) is 0. The molecule has 0 N–H and O–H groups in total. The summed E-state index contributed by atoms with van der Waals surface area (Å²) < 4.78 is 15.9. The Hall–Kier alpha value is -0.330. The summed E-state index contributed by atoms with van der Waals surface area (Å²) >= 11 is -1.15. The number of terminal acetylenes is 1. The van der Waals surface area contributed by atoms with Crippen LogP contribution in [0.25, 0.3) is 0 Å². The molecule has 0 aromatic rings. The Bertz CT molecular complexity index is 194. The molecule has 2 unspecified atom stereocenters. The minimum atomic E-state index is -1.15. The van der Waals surface area contributed by atoms with Gasteiger partial charge in [-0.25, -0.2) is 4.21 Å². The summed E-state index contributed by atoms with van der Waals surface area (Å²) in [7, 11) is 0. The van der Waals surface area contributed by atoms with Crippen LogP contribution >= 0.6 is 0 Å². The van der Waals surface area contributed by atoms with Crippen LogP contribution in [0.15, 0.2) is 0 Å². The van der Waals surface area contributed by atoms with Crippen LogP contribution in [0.1, 0.15) is 19.8 Å². The van der Waals surface area contributed by atoms with Crippen molar-refractivity contribution in [2.75, 3.05) is 5.75 Å². The van der Waals surface area contributed by atoms with Gasteiger partial charge in [0.25, 0.3) is 0 Å². The zero-order chi connectivity index (χ0) is 7.61. The van der Waals surface area contributed by atoms with E-state index in [2.05, 4.69) is 5.92 Å². The molecule has 3 heteroatoms. The van der Waals surface area contributed by atoms with Gasteiger partial charge in [0.15, 0.2) is 11.1 Å². The van der Waals surface area contributed by atoms with Gasteiger partial charge in [-0.2, -0.15) is 0 Å². The summed E-state index contributed by atoms with van der Waals surface area (Å²) in [6.07, 6.45) is 6.90. The standard InChI is InChI=1S/C7H10O2S/c1-3-7(2)5-4-6-10(8)9-7/h1H,4-6H2,2H3. The minimum Gasteiger partial charge on any atom is -0.271 e. The summed E-state index contributed by atoms with van der Waals surface area (Å²) in [5.74, 6) is 3.12. The minimum absolute atomic E-state index is 0.580. The molecule has 1 heterocycles. The molecular weight excluding hydrogens is 148 g/mol. The maximum absolute atomic E-state index is 10.8. The maximum Gasteiger partial charge on any atom is 0.156 e. The lowest BCUT2D eigenvalue weighted by Gasteiger charge is -2.26. The van der Waals surface area contributed by atoms with E-state index >= 15 is 0 Å². The predicted molar refractivity (Wildman–Crippen MR) is 40.6 cm³/mol. The zero-order valence-electron chi connectivity index (χ0n) is 5.92. The molecule has 0 bridgehead atoms. The highest BCUT2D eigenvalue weighted by molar-refractivity contribution is 7.80. The van der Waals surface area contributed by atoms with Gasteiger partial charge in [0, 0.05) is 5.75 Å². The van der Waals surface area contributed by atoms with Crippen LogP contribution in [0.3, 0.4) is 0 Å². The number of hydrogen-bond donors (Lipinski definition) is 0. The average molecular weight is 158 g/mol. The molecule has 1 fully saturated rings. The van der Waals surface area contributed by atoms with Gasteiger partial charge in [-0.15, -0.1) is 6.42 Å². The topological polar surface area (TPSA) is 26.3 Å². The largest absolute Gasteiger partial charge is 0.271 e. The van der Waals surface area contributed by atoms with Crippen molar-refractivity contribution < 1.29 is 8.39 Å². The Morgan fingerprint density at radius 2 is 2.50 bits per heavy atom. The van der Waals surface area contributed by atoms with Crippen LogP contribution in [0.5, 0.6) is 0 Å². The molecule has 1 saturated heterocycles. The summed E-state index contributed by atoms with van der Waals surface area (Å²) in [5.41, 5.74) is -0.580. The highest BCUT2D eigenvalue weighted by Gasteiger charge is 2.29. The fraction of sp³-hybridized carbons (Fsp3) is 0.714. The Kier molecular flexibility index (Phi) is 2.12. The van der Waals surface area contributed by atoms with E-state index in [0.717, 1.165) is 12.8 Å². The van der Waals surface area contributed by atoms with Crippen molar-refractivity contribution in [3.8, 4) is 12.3 Å². The molecule has 1 aliphatic heterocycles. The Balaban J connectivity index is 2.64. The van der Waals surface area contributed by atoms with E-state index in [1.807, 2.05) is 0 Å². The SMILES string of the molecule is C#CC1(C)CCCS(=O)O1. The van der Waals surface area contributed by atoms with Gasteiger partial charge < -0.3 is 0 Å². The van der Waals surface area contributed by atoms with Crippen molar-refractivity contribution in [3.05, 3.63) is 0 Å². The molecule has 2 nitrogen and oxygen atoms in total. The van der Waals surface area contributed by atoms with E-state index in [1.54, 1.807) is 6.92 Å². The molecule has 0 saturated carbocycles. The highest BCUT2D eigenvalue weighted by atomic mass is 32.2. The van der Waals surface area contributed by atoms with Crippen LogP contribution in [-0.4, -0.2) is 15.6 Å². The molecule has 1 rings (SSSR count). The van der Waals surface area contributed by atoms with Crippen molar-refractivity contribution in [2.24, 2.45) is 0 Å². The second kappa shape index (κ2) is 2.73. The number of hydrogen-bond acceptors (Lipinski definition) is 2. The molecule has 10 heavy (non-hydrogen) atoms. The van der Waals surface area contributed by atoms with Gasteiger partial charge in [0.2, 0.25) is 0 Å². The van der Waals surface area contributed by atoms with Gasteiger partial charge in [-0.1, -0.05) is 5.92 Å². The lowest BCUT2D eigenvalue weighted by Crippen LogP contribution is -2.33. The molecule has 0 spiro atoms. The molecule has 1 aliphatic rings. The second-order valence-corrected chi connectivity index (χ2v) is 3.75. The van der Waals surface area contributed by atoms with Gasteiger partial charge >= 0.3 is 0 Å². The van der Waals surface area contributed by atoms with Crippen molar-refractivity contribution >= 4 is 11.1 Å². The van der Waals surface area contributed by atoms with Gasteiger partial charge in [0.05, 0.1) is 0 Å². The van der Waals surface area contributed by atoms with Crippen LogP contribution in [-0.2, 0) is 15.3 Å². The van der Waals surface area contributed by atoms with Crippen LogP contribution in [0.2, 0.25) is 0 Å². The van der Waals surface area contributed by atoms with Gasteiger partial charge in [0.1, 0.15) is 5.60 Å². The first kappa shape index (κ1) is 7.77. The van der Waals surface area contributed by atoms with Crippen molar-refractivity contribution in [1.29, 1.82) is 0 Å². The van der Waals surface area contributed by atoms with Crippen LogP contribution < -0.4 is 0 Å². The second-order valence-electron chi connectivity index (χ2n) is 2.57. The summed E-state index contributed by atoms with van der Waals surface area (Å²) in [6.45, 7) is 1.80. The van der Waals surface area contributed by atoms with Gasteiger partial charge in [-0.05, 0) is 19.8 Å². The molecular formula is C7H10O2S. The van der Waals surface area contributed by atoms with Crippen LogP contribution in [0, 0.1) is 12.3 Å². The molecule has 0 amide bonds. The van der Waals surface area contributed by atoms with Crippen molar-refractivity contribution in [3.63, 3.8) is 0 Å². The monoisotopic (exact) mass is 158 g/mol. The predicted octanol–water partition coefficient (Wildman–Crippen LogP) is 0.852. The molecule has 56 valence electrons. The fourth-order valence-corrected chi connectivity index (χ4v) is 1.92. The lowest BCUT2D eigenvalue weighted by molar-refractivity contribution is 0.148. The third kappa shape index (κ3) is 1.59. The first-order valence-corrected chi connectivity index (χ1v) is 4.46. The molecule has 0 aromatic carbocycles. The first-order chi connectivity index (χ1) is 4.66. The Labute approximate surface area is 63.6 Å². The van der Waals surface area contributed by atoms with Crippen molar-refractivity contribution in [1.82, 2.24) is 0 Å². The Morgan fingerprint density at radius 1 is 1.80 bits per heavy atom. The maximum atomic E-state index is 10.8. The van der Waals surface area contributed by atoms with E-state index in [-0.39, 0.29) is 0 Å². The van der Waals surface area contributed by atoms with E-state index in [0.29, 0.717) is 5.75 Å². The smallest absolute Gasteiger partial charge is 0.156 e. The third-order valence-electron chi connectivity index (χ3n) is 1.55. The summed E-state index contributed by atoms with van der Waals surface area (Å²) in [5, 5.41) is 0. The summed E-state index contributed by atoms with van der Waals surface area (Å²) in [4.78, 5) is 0. The van der Waals surface area contributed by atoms with Gasteiger partial charge in [-0.3, -0.25) is 4.18 Å². The Morgan fingerprint density at radius 3 is 2.90 bits per heavy atom. The molecule has 2 atom stereocenters.